The van der Waals surface area contributed by atoms with Crippen LogP contribution >= 0.6 is 35.2 Å². The summed E-state index contributed by atoms with van der Waals surface area (Å²) < 4.78 is 0.793. The van der Waals surface area contributed by atoms with Crippen LogP contribution in [0.3, 0.4) is 0 Å². The summed E-state index contributed by atoms with van der Waals surface area (Å²) in [6.07, 6.45) is 1.80. The van der Waals surface area contributed by atoms with E-state index in [4.69, 9.17) is 23.8 Å². The maximum absolute atomic E-state index is 6.05. The summed E-state index contributed by atoms with van der Waals surface area (Å²) in [4.78, 5) is 7.69. The lowest BCUT2D eigenvalue weighted by atomic mass is 10.0. The lowest BCUT2D eigenvalue weighted by Crippen LogP contribution is -2.24. The van der Waals surface area contributed by atoms with Gasteiger partial charge in [0.15, 0.2) is 5.11 Å². The van der Waals surface area contributed by atoms with Crippen molar-refractivity contribution < 1.29 is 0 Å². The minimum absolute atomic E-state index is 0.0633. The number of halogens is 1. The highest BCUT2D eigenvalue weighted by Crippen LogP contribution is 2.41. The Balaban J connectivity index is 2.01. The van der Waals surface area contributed by atoms with Gasteiger partial charge >= 0.3 is 0 Å². The standard InChI is InChI=1S/C13H12ClN3S2/c1-17-12(9-5-6-10(14)19-9)11(16-13(17)18)8-4-2-3-7-15-8/h2-7,11-12H,1H3,(H,16,18)/t11-,12-/m1/s1. The smallest absolute Gasteiger partial charge is 0.169 e. The number of nitrogens with one attached hydrogen (secondary N) is 1. The molecule has 1 fully saturated rings. The summed E-state index contributed by atoms with van der Waals surface area (Å²) in [5.74, 6) is 0. The van der Waals surface area contributed by atoms with E-state index >= 15 is 0 Å². The number of aromatic nitrogens is 1. The highest BCUT2D eigenvalue weighted by molar-refractivity contribution is 7.80. The van der Waals surface area contributed by atoms with Crippen molar-refractivity contribution in [1.29, 1.82) is 0 Å². The van der Waals surface area contributed by atoms with Crippen molar-refractivity contribution in [1.82, 2.24) is 15.2 Å². The Morgan fingerprint density at radius 2 is 2.21 bits per heavy atom. The van der Waals surface area contributed by atoms with Gasteiger partial charge in [-0.15, -0.1) is 11.3 Å². The Morgan fingerprint density at radius 3 is 2.84 bits per heavy atom. The van der Waals surface area contributed by atoms with E-state index in [9.17, 15) is 0 Å². The Morgan fingerprint density at radius 1 is 1.37 bits per heavy atom. The molecule has 3 rings (SSSR count). The number of thiocarbonyl (C=S) groups is 1. The van der Waals surface area contributed by atoms with Crippen LogP contribution in [-0.2, 0) is 0 Å². The Hall–Kier alpha value is -1.17. The molecule has 0 unspecified atom stereocenters. The van der Waals surface area contributed by atoms with E-state index in [1.807, 2.05) is 31.3 Å². The molecule has 0 saturated carbocycles. The third-order valence-electron chi connectivity index (χ3n) is 3.22. The molecular weight excluding hydrogens is 298 g/mol. The zero-order valence-corrected chi connectivity index (χ0v) is 12.6. The Labute approximate surface area is 126 Å². The first-order valence-electron chi connectivity index (χ1n) is 5.86. The molecule has 1 aliphatic heterocycles. The van der Waals surface area contributed by atoms with Crippen LogP contribution < -0.4 is 5.32 Å². The van der Waals surface area contributed by atoms with Gasteiger partial charge in [-0.1, -0.05) is 17.7 Å². The van der Waals surface area contributed by atoms with Gasteiger partial charge in [-0.05, 0) is 36.5 Å². The molecule has 0 radical (unpaired) electrons. The fourth-order valence-electron chi connectivity index (χ4n) is 2.30. The molecule has 0 bridgehead atoms. The molecule has 98 valence electrons. The highest BCUT2D eigenvalue weighted by atomic mass is 35.5. The normalized spacial score (nSPS) is 22.6. The number of rotatable bonds is 2. The molecule has 19 heavy (non-hydrogen) atoms. The molecule has 6 heteroatoms. The van der Waals surface area contributed by atoms with Crippen LogP contribution in [0.2, 0.25) is 4.34 Å². The van der Waals surface area contributed by atoms with Crippen molar-refractivity contribution in [3.63, 3.8) is 0 Å². The van der Waals surface area contributed by atoms with Gasteiger partial charge in [-0.25, -0.2) is 0 Å². The average molecular weight is 310 g/mol. The maximum atomic E-state index is 6.05. The molecule has 2 atom stereocenters. The lowest BCUT2D eigenvalue weighted by Gasteiger charge is -2.22. The van der Waals surface area contributed by atoms with Crippen molar-refractivity contribution in [3.05, 3.63) is 51.4 Å². The predicted molar refractivity (Wildman–Crippen MR) is 82.5 cm³/mol. The Kier molecular flexibility index (Phi) is 3.43. The second kappa shape index (κ2) is 5.07. The molecular formula is C13H12ClN3S2. The van der Waals surface area contributed by atoms with Crippen molar-refractivity contribution >= 4 is 40.3 Å². The predicted octanol–water partition coefficient (Wildman–Crippen LogP) is 3.40. The fourth-order valence-corrected chi connectivity index (χ4v) is 3.78. The van der Waals surface area contributed by atoms with Gasteiger partial charge in [0, 0.05) is 18.1 Å². The monoisotopic (exact) mass is 309 g/mol. The molecule has 3 heterocycles. The van der Waals surface area contributed by atoms with Gasteiger partial charge in [0.2, 0.25) is 0 Å². The van der Waals surface area contributed by atoms with Crippen molar-refractivity contribution in [2.24, 2.45) is 0 Å². The number of likely N-dealkylation sites (N-methyl/N-ethyl adjacent to an activating group) is 1. The summed E-state index contributed by atoms with van der Waals surface area (Å²) in [6, 6.07) is 10.1. The summed E-state index contributed by atoms with van der Waals surface area (Å²) in [5, 5.41) is 4.08. The molecule has 2 aromatic heterocycles. The molecule has 1 N–H and O–H groups in total. The van der Waals surface area contributed by atoms with Crippen LogP contribution in [0.15, 0.2) is 36.5 Å². The number of pyridine rings is 1. The highest BCUT2D eigenvalue weighted by Gasteiger charge is 2.38. The molecule has 3 nitrogen and oxygen atoms in total. The molecule has 1 saturated heterocycles. The first-order chi connectivity index (χ1) is 9.16. The van der Waals surface area contributed by atoms with Crippen LogP contribution in [0.5, 0.6) is 0 Å². The molecule has 0 amide bonds. The summed E-state index contributed by atoms with van der Waals surface area (Å²) >= 11 is 13.0. The number of hydrogen-bond donors (Lipinski definition) is 1. The van der Waals surface area contributed by atoms with E-state index in [-0.39, 0.29) is 12.1 Å². The largest absolute Gasteiger partial charge is 0.352 e. The van der Waals surface area contributed by atoms with Crippen LogP contribution in [0.4, 0.5) is 0 Å². The molecule has 2 aromatic rings. The quantitative estimate of drug-likeness (QED) is 0.861. The van der Waals surface area contributed by atoms with Gasteiger partial charge in [0.1, 0.15) is 0 Å². The maximum Gasteiger partial charge on any atom is 0.169 e. The van der Waals surface area contributed by atoms with Crippen LogP contribution in [0, 0.1) is 0 Å². The zero-order valence-electron chi connectivity index (χ0n) is 10.2. The average Bonchev–Trinajstić information content (AvgIpc) is 2.96. The summed E-state index contributed by atoms with van der Waals surface area (Å²) in [5.41, 5.74) is 0.990. The zero-order chi connectivity index (χ0) is 13.4. The third kappa shape index (κ3) is 2.33. The van der Waals surface area contributed by atoms with Crippen LogP contribution in [0.1, 0.15) is 22.7 Å². The van der Waals surface area contributed by atoms with Crippen LogP contribution in [0.25, 0.3) is 0 Å². The van der Waals surface area contributed by atoms with Gasteiger partial charge in [0.05, 0.1) is 22.1 Å². The minimum atomic E-state index is 0.0633. The fraction of sp³-hybridized carbons (Fsp3) is 0.231. The second-order valence-electron chi connectivity index (χ2n) is 4.38. The minimum Gasteiger partial charge on any atom is -0.352 e. The van der Waals surface area contributed by atoms with Crippen molar-refractivity contribution in [2.45, 2.75) is 12.1 Å². The first-order valence-corrected chi connectivity index (χ1v) is 7.46. The van der Waals surface area contributed by atoms with Crippen LogP contribution in [-0.4, -0.2) is 22.0 Å². The molecule has 1 aliphatic rings. The van der Waals surface area contributed by atoms with E-state index in [0.717, 1.165) is 15.1 Å². The first kappa shape index (κ1) is 12.8. The van der Waals surface area contributed by atoms with Crippen molar-refractivity contribution in [3.8, 4) is 0 Å². The lowest BCUT2D eigenvalue weighted by molar-refractivity contribution is 0.374. The number of nitrogens with zero attached hydrogens (tertiary/aromatic N) is 2. The number of hydrogen-bond acceptors (Lipinski definition) is 3. The van der Waals surface area contributed by atoms with Gasteiger partial charge in [-0.2, -0.15) is 0 Å². The number of thiophene rings is 1. The van der Waals surface area contributed by atoms with Crippen molar-refractivity contribution in [2.75, 3.05) is 7.05 Å². The van der Waals surface area contributed by atoms with E-state index in [1.54, 1.807) is 17.5 Å². The topological polar surface area (TPSA) is 28.2 Å². The van der Waals surface area contributed by atoms with E-state index in [2.05, 4.69) is 21.3 Å². The van der Waals surface area contributed by atoms with Gasteiger partial charge < -0.3 is 10.2 Å². The Bertz CT molecular complexity index is 599. The van der Waals surface area contributed by atoms with E-state index in [0.29, 0.717) is 0 Å². The SMILES string of the molecule is CN1C(=S)N[C@H](c2ccccn2)[C@H]1c1ccc(Cl)s1. The van der Waals surface area contributed by atoms with E-state index in [1.165, 1.54) is 4.88 Å². The summed E-state index contributed by atoms with van der Waals surface area (Å²) in [7, 11) is 2.00. The third-order valence-corrected chi connectivity index (χ3v) is 4.93. The van der Waals surface area contributed by atoms with E-state index < -0.39 is 0 Å². The summed E-state index contributed by atoms with van der Waals surface area (Å²) in [6.45, 7) is 0. The van der Waals surface area contributed by atoms with Gasteiger partial charge in [-0.3, -0.25) is 4.98 Å². The molecule has 0 aliphatic carbocycles. The molecule has 0 aromatic carbocycles. The van der Waals surface area contributed by atoms with Gasteiger partial charge in [0.25, 0.3) is 0 Å². The molecule has 0 spiro atoms. The second-order valence-corrected chi connectivity index (χ2v) is 6.51.